The summed E-state index contributed by atoms with van der Waals surface area (Å²) in [6.07, 6.45) is 9.67. The highest BCUT2D eigenvalue weighted by Gasteiger charge is 2.16. The fraction of sp³-hybridized carbons (Fsp3) is 0.538. The zero-order valence-corrected chi connectivity index (χ0v) is 19.6. The van der Waals surface area contributed by atoms with E-state index in [0.717, 1.165) is 43.4 Å². The Labute approximate surface area is 197 Å². The van der Waals surface area contributed by atoms with E-state index in [1.807, 2.05) is 30.3 Å². The van der Waals surface area contributed by atoms with Crippen LogP contribution in [0.3, 0.4) is 0 Å². The molecule has 7 heteroatoms. The molecule has 3 rings (SSSR count). The number of aromatic nitrogens is 1. The summed E-state index contributed by atoms with van der Waals surface area (Å²) in [6, 6.07) is 14.0. The molecule has 1 saturated carbocycles. The number of nitrogens with one attached hydrogen (secondary N) is 4. The molecule has 1 fully saturated rings. The first kappa shape index (κ1) is 25.3. The predicted octanol–water partition coefficient (Wildman–Crippen LogP) is 2.25. The maximum atomic E-state index is 12.4. The molecule has 1 amide bonds. The molecule has 1 aromatic carbocycles. The van der Waals surface area contributed by atoms with Crippen LogP contribution in [0.15, 0.2) is 48.7 Å². The van der Waals surface area contributed by atoms with Crippen molar-refractivity contribution in [2.75, 3.05) is 19.7 Å². The summed E-state index contributed by atoms with van der Waals surface area (Å²) in [5, 5.41) is 22.7. The van der Waals surface area contributed by atoms with Gasteiger partial charge in [-0.2, -0.15) is 0 Å². The van der Waals surface area contributed by atoms with Gasteiger partial charge in [0.05, 0.1) is 12.3 Å². The van der Waals surface area contributed by atoms with E-state index in [0.29, 0.717) is 13.1 Å². The fourth-order valence-corrected chi connectivity index (χ4v) is 4.12. The molecular weight excluding hydrogens is 414 g/mol. The van der Waals surface area contributed by atoms with Gasteiger partial charge >= 0.3 is 0 Å². The van der Waals surface area contributed by atoms with E-state index in [9.17, 15) is 9.90 Å². The van der Waals surface area contributed by atoms with Crippen LogP contribution in [0.25, 0.3) is 0 Å². The molecule has 2 aromatic rings. The zero-order valence-electron chi connectivity index (χ0n) is 19.6. The Kier molecular flexibility index (Phi) is 11.3. The van der Waals surface area contributed by atoms with Gasteiger partial charge in [0.1, 0.15) is 6.04 Å². The van der Waals surface area contributed by atoms with Crippen molar-refractivity contribution < 1.29 is 9.90 Å². The van der Waals surface area contributed by atoms with Crippen LogP contribution in [0, 0.1) is 0 Å². The third-order valence-electron chi connectivity index (χ3n) is 6.14. The molecule has 0 saturated heterocycles. The van der Waals surface area contributed by atoms with Gasteiger partial charge in [-0.3, -0.25) is 15.1 Å². The normalized spacial score (nSPS) is 15.3. The van der Waals surface area contributed by atoms with E-state index in [1.54, 1.807) is 6.20 Å². The Morgan fingerprint density at radius 3 is 2.42 bits per heavy atom. The second-order valence-electron chi connectivity index (χ2n) is 8.79. The Bertz CT molecular complexity index is 794. The highest BCUT2D eigenvalue weighted by Crippen LogP contribution is 2.17. The van der Waals surface area contributed by atoms with Crippen molar-refractivity contribution in [2.45, 2.75) is 70.2 Å². The van der Waals surface area contributed by atoms with Crippen LogP contribution < -0.4 is 21.3 Å². The lowest BCUT2D eigenvalue weighted by molar-refractivity contribution is -0.124. The van der Waals surface area contributed by atoms with Crippen molar-refractivity contribution in [3.05, 3.63) is 65.5 Å². The van der Waals surface area contributed by atoms with Gasteiger partial charge in [-0.05, 0) is 55.6 Å². The minimum Gasteiger partial charge on any atom is -0.394 e. The number of rotatable bonds is 14. The topological polar surface area (TPSA) is 98.3 Å². The van der Waals surface area contributed by atoms with E-state index < -0.39 is 6.04 Å². The number of carbonyl (C=O) groups is 1. The minimum absolute atomic E-state index is 0.221. The Hall–Kier alpha value is -2.32. The lowest BCUT2D eigenvalue weighted by Crippen LogP contribution is -2.46. The van der Waals surface area contributed by atoms with Crippen molar-refractivity contribution >= 4 is 5.91 Å². The van der Waals surface area contributed by atoms with Gasteiger partial charge in [0, 0.05) is 31.9 Å². The number of amides is 1. The van der Waals surface area contributed by atoms with Crippen molar-refractivity contribution in [3.63, 3.8) is 0 Å². The highest BCUT2D eigenvalue weighted by molar-refractivity contribution is 5.81. The third kappa shape index (κ3) is 9.60. The number of pyridine rings is 1. The monoisotopic (exact) mass is 453 g/mol. The number of carbonyl (C=O) groups excluding carboxylic acids is 1. The van der Waals surface area contributed by atoms with E-state index >= 15 is 0 Å². The summed E-state index contributed by atoms with van der Waals surface area (Å²) < 4.78 is 0. The third-order valence-corrected chi connectivity index (χ3v) is 6.14. The molecular formula is C26H39N5O2. The van der Waals surface area contributed by atoms with Gasteiger partial charge in [0.15, 0.2) is 0 Å². The largest absolute Gasteiger partial charge is 0.394 e. The minimum atomic E-state index is -0.664. The first-order chi connectivity index (χ1) is 16.2. The molecule has 5 N–H and O–H groups in total. The molecule has 0 radical (unpaired) electrons. The average molecular weight is 454 g/mol. The van der Waals surface area contributed by atoms with Gasteiger partial charge < -0.3 is 21.1 Å². The number of nitrogens with zero attached hydrogens (tertiary/aromatic N) is 1. The summed E-state index contributed by atoms with van der Waals surface area (Å²) >= 11 is 0. The molecule has 0 spiro atoms. The Morgan fingerprint density at radius 2 is 1.73 bits per heavy atom. The van der Waals surface area contributed by atoms with Crippen LogP contribution in [0.4, 0.5) is 0 Å². The lowest BCUT2D eigenvalue weighted by Gasteiger charge is -2.22. The Balaban J connectivity index is 1.28. The van der Waals surface area contributed by atoms with E-state index in [1.165, 1.54) is 37.7 Å². The number of hydrogen-bond donors (Lipinski definition) is 5. The predicted molar refractivity (Wildman–Crippen MR) is 131 cm³/mol. The zero-order chi connectivity index (χ0) is 23.1. The second kappa shape index (κ2) is 14.8. The number of hydrogen-bond acceptors (Lipinski definition) is 6. The quantitative estimate of drug-likeness (QED) is 0.282. The van der Waals surface area contributed by atoms with Crippen molar-refractivity contribution in [1.29, 1.82) is 0 Å². The summed E-state index contributed by atoms with van der Waals surface area (Å²) in [5.41, 5.74) is 3.09. The number of aliphatic hydroxyl groups excluding tert-OH is 1. The second-order valence-corrected chi connectivity index (χ2v) is 8.79. The summed E-state index contributed by atoms with van der Waals surface area (Å²) in [5.74, 6) is -0.221. The Morgan fingerprint density at radius 1 is 0.970 bits per heavy atom. The smallest absolute Gasteiger partial charge is 0.239 e. The van der Waals surface area contributed by atoms with E-state index in [2.05, 4.69) is 38.4 Å². The van der Waals surface area contributed by atoms with Crippen LogP contribution in [0.1, 0.15) is 55.3 Å². The molecule has 0 unspecified atom stereocenters. The van der Waals surface area contributed by atoms with Crippen LogP contribution >= 0.6 is 0 Å². The summed E-state index contributed by atoms with van der Waals surface area (Å²) in [7, 11) is 0. The van der Waals surface area contributed by atoms with Gasteiger partial charge in [-0.25, -0.2) is 0 Å². The van der Waals surface area contributed by atoms with Crippen LogP contribution in [-0.4, -0.2) is 47.8 Å². The SMILES string of the molecule is O=C(NCc1ccc(CNCCCNC2CCCCC2)cc1)[C@H](CO)NCc1ccccn1. The lowest BCUT2D eigenvalue weighted by atomic mass is 9.95. The molecule has 7 nitrogen and oxygen atoms in total. The summed E-state index contributed by atoms with van der Waals surface area (Å²) in [6.45, 7) is 3.53. The first-order valence-electron chi connectivity index (χ1n) is 12.3. The van der Waals surface area contributed by atoms with Crippen LogP contribution in [0.2, 0.25) is 0 Å². The first-order valence-corrected chi connectivity index (χ1v) is 12.3. The molecule has 0 bridgehead atoms. The van der Waals surface area contributed by atoms with Gasteiger partial charge in [-0.1, -0.05) is 49.6 Å². The number of aliphatic hydroxyl groups is 1. The van der Waals surface area contributed by atoms with Crippen molar-refractivity contribution in [1.82, 2.24) is 26.3 Å². The van der Waals surface area contributed by atoms with Crippen molar-refractivity contribution in [3.8, 4) is 0 Å². The van der Waals surface area contributed by atoms with E-state index in [4.69, 9.17) is 0 Å². The maximum Gasteiger partial charge on any atom is 0.239 e. The number of benzene rings is 1. The molecule has 1 heterocycles. The standard InChI is InChI=1S/C26H39N5O2/c32-20-25(30-19-24-9-4-5-15-29-24)26(33)31-18-22-12-10-21(11-13-22)17-27-14-6-16-28-23-7-2-1-3-8-23/h4-5,9-13,15,23,25,27-28,30,32H,1-3,6-8,14,16-20H2,(H,31,33)/t25-/m0/s1. The summed E-state index contributed by atoms with van der Waals surface area (Å²) in [4.78, 5) is 16.6. The molecule has 1 atom stereocenters. The molecule has 0 aliphatic heterocycles. The molecule has 1 aliphatic carbocycles. The van der Waals surface area contributed by atoms with Crippen molar-refractivity contribution in [2.24, 2.45) is 0 Å². The van der Waals surface area contributed by atoms with Crippen LogP contribution in [0.5, 0.6) is 0 Å². The molecule has 33 heavy (non-hydrogen) atoms. The van der Waals surface area contributed by atoms with Crippen LogP contribution in [-0.2, 0) is 24.4 Å². The highest BCUT2D eigenvalue weighted by atomic mass is 16.3. The molecule has 180 valence electrons. The van der Waals surface area contributed by atoms with Gasteiger partial charge in [-0.15, -0.1) is 0 Å². The molecule has 1 aromatic heterocycles. The van der Waals surface area contributed by atoms with Gasteiger partial charge in [0.2, 0.25) is 5.91 Å². The molecule has 1 aliphatic rings. The maximum absolute atomic E-state index is 12.4. The fourth-order valence-electron chi connectivity index (χ4n) is 4.12. The van der Waals surface area contributed by atoms with E-state index in [-0.39, 0.29) is 12.5 Å². The van der Waals surface area contributed by atoms with Gasteiger partial charge in [0.25, 0.3) is 0 Å². The average Bonchev–Trinajstić information content (AvgIpc) is 2.87.